The van der Waals surface area contributed by atoms with Gasteiger partial charge in [0.1, 0.15) is 11.5 Å². The maximum Gasteiger partial charge on any atom is 0.128 e. The minimum absolute atomic E-state index is 0.824. The Morgan fingerprint density at radius 3 is 2.13 bits per heavy atom. The monoisotopic (exact) mass is 399 g/mol. The number of anilines is 2. The molecule has 5 nitrogen and oxygen atoms in total. The van der Waals surface area contributed by atoms with Crippen LogP contribution in [0.1, 0.15) is 0 Å². The van der Waals surface area contributed by atoms with Crippen molar-refractivity contribution in [2.45, 2.75) is 0 Å². The van der Waals surface area contributed by atoms with Crippen LogP contribution in [0.2, 0.25) is 0 Å². The van der Waals surface area contributed by atoms with Crippen LogP contribution in [-0.2, 0) is 0 Å². The Labute approximate surface area is 176 Å². The maximum atomic E-state index is 5.86. The highest BCUT2D eigenvalue weighted by molar-refractivity contribution is 6.21. The Bertz CT molecular complexity index is 1270. The lowest BCUT2D eigenvalue weighted by Crippen LogP contribution is -2.30. The van der Waals surface area contributed by atoms with Gasteiger partial charge in [-0.15, -0.1) is 0 Å². The molecule has 1 aromatic heterocycles. The Morgan fingerprint density at radius 2 is 1.40 bits per heavy atom. The first-order valence-electron chi connectivity index (χ1n) is 10.1. The fourth-order valence-corrected chi connectivity index (χ4v) is 4.48. The largest absolute Gasteiger partial charge is 0.496 e. The van der Waals surface area contributed by atoms with Gasteiger partial charge in [0.15, 0.2) is 0 Å². The van der Waals surface area contributed by atoms with E-state index in [0.29, 0.717) is 0 Å². The minimum Gasteiger partial charge on any atom is -0.496 e. The summed E-state index contributed by atoms with van der Waals surface area (Å²) in [5.74, 6) is 1.68. The smallest absolute Gasteiger partial charge is 0.128 e. The van der Waals surface area contributed by atoms with Crippen LogP contribution in [0.5, 0.6) is 11.5 Å². The number of benzene rings is 3. The molecule has 0 atom stereocenters. The normalized spacial score (nSPS) is 12.5. The second-order valence-corrected chi connectivity index (χ2v) is 7.82. The van der Waals surface area contributed by atoms with Gasteiger partial charge in [0, 0.05) is 29.6 Å². The quantitative estimate of drug-likeness (QED) is 0.437. The molecular formula is C25H25N3O2. The number of methoxy groups -OCH3 is 2. The molecule has 1 aliphatic heterocycles. The van der Waals surface area contributed by atoms with E-state index in [1.165, 1.54) is 5.69 Å². The lowest BCUT2D eigenvalue weighted by molar-refractivity contribution is 0.414. The van der Waals surface area contributed by atoms with E-state index in [1.807, 2.05) is 24.3 Å². The molecule has 1 aliphatic rings. The number of pyridine rings is 1. The van der Waals surface area contributed by atoms with Crippen LogP contribution in [0.4, 0.5) is 11.4 Å². The maximum absolute atomic E-state index is 5.86. The zero-order valence-corrected chi connectivity index (χ0v) is 17.8. The summed E-state index contributed by atoms with van der Waals surface area (Å²) in [6.45, 7) is 1.81. The van der Waals surface area contributed by atoms with E-state index >= 15 is 0 Å². The first-order valence-corrected chi connectivity index (χ1v) is 10.1. The van der Waals surface area contributed by atoms with Crippen LogP contribution in [0.15, 0.2) is 54.6 Å². The van der Waals surface area contributed by atoms with Crippen molar-refractivity contribution in [2.75, 3.05) is 46.3 Å². The predicted octanol–water partition coefficient (Wildman–Crippen LogP) is 5.09. The summed E-state index contributed by atoms with van der Waals surface area (Å²) in [7, 11) is 7.65. The number of fused-ring (bicyclic) bond motifs is 4. The number of rotatable bonds is 5. The fraction of sp³-hybridized carbons (Fsp3) is 0.240. The molecule has 3 aromatic carbocycles. The molecule has 152 valence electrons. The van der Waals surface area contributed by atoms with Gasteiger partial charge in [0.25, 0.3) is 0 Å². The summed E-state index contributed by atoms with van der Waals surface area (Å²) in [4.78, 5) is 9.58. The molecule has 0 unspecified atom stereocenters. The molecule has 30 heavy (non-hydrogen) atoms. The van der Waals surface area contributed by atoms with Gasteiger partial charge in [-0.3, -0.25) is 0 Å². The van der Waals surface area contributed by atoms with Gasteiger partial charge in [-0.05, 0) is 50.5 Å². The lowest BCUT2D eigenvalue weighted by Gasteiger charge is -2.35. The summed E-state index contributed by atoms with van der Waals surface area (Å²) in [5, 5.41) is 2.17. The lowest BCUT2D eigenvalue weighted by atomic mass is 9.89. The number of likely N-dealkylation sites (N-methyl/N-ethyl adjacent to an activating group) is 1. The molecule has 5 heteroatoms. The third kappa shape index (κ3) is 2.70. The molecule has 0 fully saturated rings. The average molecular weight is 399 g/mol. The summed E-state index contributed by atoms with van der Waals surface area (Å²) < 4.78 is 11.6. The zero-order valence-electron chi connectivity index (χ0n) is 17.8. The van der Waals surface area contributed by atoms with E-state index in [4.69, 9.17) is 14.5 Å². The van der Waals surface area contributed by atoms with Crippen molar-refractivity contribution in [1.29, 1.82) is 0 Å². The van der Waals surface area contributed by atoms with E-state index in [2.05, 4.69) is 54.2 Å². The first-order chi connectivity index (χ1) is 14.6. The summed E-state index contributed by atoms with van der Waals surface area (Å²) in [6.07, 6.45) is 0. The van der Waals surface area contributed by atoms with Gasteiger partial charge >= 0.3 is 0 Å². The van der Waals surface area contributed by atoms with Gasteiger partial charge in [-0.2, -0.15) is 0 Å². The molecule has 2 heterocycles. The van der Waals surface area contributed by atoms with Crippen LogP contribution in [0.25, 0.3) is 32.9 Å². The van der Waals surface area contributed by atoms with Gasteiger partial charge < -0.3 is 19.3 Å². The standard InChI is InChI=1S/C25H25N3O2/c1-27(2)14-15-28-18-10-5-8-16-22(18)25(24-19(28)11-7-13-21(24)30-4)23-17(26-16)9-6-12-20(23)29-3/h5-13H,14-15H2,1-4H3. The summed E-state index contributed by atoms with van der Waals surface area (Å²) in [5.41, 5.74) is 6.46. The minimum atomic E-state index is 0.824. The molecule has 0 aliphatic carbocycles. The summed E-state index contributed by atoms with van der Waals surface area (Å²) in [6, 6.07) is 18.7. The van der Waals surface area contributed by atoms with E-state index in [1.54, 1.807) is 14.2 Å². The molecule has 5 rings (SSSR count). The highest BCUT2D eigenvalue weighted by atomic mass is 16.5. The van der Waals surface area contributed by atoms with Gasteiger partial charge in [-0.1, -0.05) is 18.2 Å². The number of nitrogens with zero attached hydrogens (tertiary/aromatic N) is 3. The van der Waals surface area contributed by atoms with Crippen LogP contribution >= 0.6 is 0 Å². The second-order valence-electron chi connectivity index (χ2n) is 7.82. The second kappa shape index (κ2) is 7.18. The molecular weight excluding hydrogens is 374 g/mol. The molecule has 0 saturated carbocycles. The molecule has 4 aromatic rings. The topological polar surface area (TPSA) is 37.8 Å². The van der Waals surface area contributed by atoms with E-state index in [9.17, 15) is 0 Å². The van der Waals surface area contributed by atoms with Crippen LogP contribution < -0.4 is 14.4 Å². The molecule has 0 radical (unpaired) electrons. The third-order valence-corrected chi connectivity index (χ3v) is 5.81. The van der Waals surface area contributed by atoms with Gasteiger partial charge in [0.2, 0.25) is 0 Å². The molecule has 0 amide bonds. The first kappa shape index (κ1) is 18.7. The van der Waals surface area contributed by atoms with Crippen LogP contribution in [0.3, 0.4) is 0 Å². The summed E-state index contributed by atoms with van der Waals surface area (Å²) >= 11 is 0. The number of hydrogen-bond acceptors (Lipinski definition) is 5. The van der Waals surface area contributed by atoms with E-state index < -0.39 is 0 Å². The number of ether oxygens (including phenoxy) is 2. The highest BCUT2D eigenvalue weighted by Crippen LogP contribution is 2.54. The van der Waals surface area contributed by atoms with Crippen molar-refractivity contribution in [3.63, 3.8) is 0 Å². The molecule has 0 N–H and O–H groups in total. The Balaban J connectivity index is 1.97. The average Bonchev–Trinajstić information content (AvgIpc) is 2.77. The van der Waals surface area contributed by atoms with Gasteiger partial charge in [0.05, 0.1) is 42.0 Å². The van der Waals surface area contributed by atoms with E-state index in [-0.39, 0.29) is 0 Å². The van der Waals surface area contributed by atoms with Crippen LogP contribution in [0, 0.1) is 0 Å². The van der Waals surface area contributed by atoms with Crippen molar-refractivity contribution in [3.05, 3.63) is 54.6 Å². The Morgan fingerprint density at radius 1 is 0.767 bits per heavy atom. The predicted molar refractivity (Wildman–Crippen MR) is 123 cm³/mol. The zero-order chi connectivity index (χ0) is 20.8. The van der Waals surface area contributed by atoms with Crippen molar-refractivity contribution < 1.29 is 9.47 Å². The Kier molecular flexibility index (Phi) is 4.48. The third-order valence-electron chi connectivity index (χ3n) is 5.81. The number of hydrogen-bond donors (Lipinski definition) is 0. The molecule has 0 saturated heterocycles. The van der Waals surface area contributed by atoms with Crippen molar-refractivity contribution >= 4 is 33.2 Å². The number of aromatic nitrogens is 1. The molecule has 0 spiro atoms. The van der Waals surface area contributed by atoms with E-state index in [0.717, 1.165) is 63.2 Å². The highest BCUT2D eigenvalue weighted by Gasteiger charge is 2.30. The Hall–Kier alpha value is -3.31. The van der Waals surface area contributed by atoms with Crippen molar-refractivity contribution in [2.24, 2.45) is 0 Å². The van der Waals surface area contributed by atoms with Crippen molar-refractivity contribution in [3.8, 4) is 22.6 Å². The SMILES string of the molecule is COc1cccc2c1-c1c3c(OC)cccc3nc3cccc(c13)N2CCN(C)C. The fourth-order valence-electron chi connectivity index (χ4n) is 4.48. The van der Waals surface area contributed by atoms with Gasteiger partial charge in [-0.25, -0.2) is 4.98 Å². The molecule has 0 bridgehead atoms. The van der Waals surface area contributed by atoms with Crippen LogP contribution in [-0.4, -0.2) is 51.3 Å². The van der Waals surface area contributed by atoms with Crippen molar-refractivity contribution in [1.82, 2.24) is 9.88 Å².